The smallest absolute Gasteiger partial charge is 0.207 e. The zero-order valence-corrected chi connectivity index (χ0v) is 18.2. The summed E-state index contributed by atoms with van der Waals surface area (Å²) in [5, 5.41) is 0.195. The Morgan fingerprint density at radius 2 is 1.64 bits per heavy atom. The molecule has 0 amide bonds. The van der Waals surface area contributed by atoms with Gasteiger partial charge >= 0.3 is 0 Å². The van der Waals surface area contributed by atoms with E-state index in [2.05, 4.69) is 15.9 Å². The molecule has 146 valence electrons. The van der Waals surface area contributed by atoms with E-state index >= 15 is 0 Å². The van der Waals surface area contributed by atoms with E-state index in [-0.39, 0.29) is 28.6 Å². The molecule has 0 aliphatic heterocycles. The number of aryl methyl sites for hydroxylation is 1. The second kappa shape index (κ2) is 8.74. The number of benzene rings is 3. The second-order valence-electron chi connectivity index (χ2n) is 6.37. The van der Waals surface area contributed by atoms with Gasteiger partial charge in [-0.05, 0) is 48.4 Å². The molecule has 0 saturated carbocycles. The summed E-state index contributed by atoms with van der Waals surface area (Å²) >= 11 is 9.53. The predicted octanol–water partition coefficient (Wildman–Crippen LogP) is 5.94. The molecule has 3 aromatic rings. The maximum absolute atomic E-state index is 14.4. The number of hydrogen-bond acceptors (Lipinski definition) is 2. The van der Waals surface area contributed by atoms with Crippen LogP contribution in [0.25, 0.3) is 0 Å². The lowest BCUT2D eigenvalue weighted by Gasteiger charge is -2.24. The van der Waals surface area contributed by atoms with Crippen LogP contribution in [0.15, 0.2) is 76.1 Å². The topological polar surface area (TPSA) is 37.4 Å². The number of hydrogen-bond donors (Lipinski definition) is 0. The number of sulfonamides is 1. The summed E-state index contributed by atoms with van der Waals surface area (Å²) in [7, 11) is -3.88. The quantitative estimate of drug-likeness (QED) is 0.436. The van der Waals surface area contributed by atoms with Gasteiger partial charge in [-0.2, -0.15) is 4.31 Å². The van der Waals surface area contributed by atoms with Crippen LogP contribution in [0.2, 0.25) is 5.02 Å². The zero-order valence-electron chi connectivity index (χ0n) is 15.1. The van der Waals surface area contributed by atoms with Crippen molar-refractivity contribution in [3.63, 3.8) is 0 Å². The molecule has 0 fully saturated rings. The fourth-order valence-corrected chi connectivity index (χ4v) is 4.97. The molecule has 0 heterocycles. The van der Waals surface area contributed by atoms with Crippen molar-refractivity contribution in [3.05, 3.63) is 98.7 Å². The Morgan fingerprint density at radius 1 is 0.964 bits per heavy atom. The minimum absolute atomic E-state index is 0.0919. The Kier molecular flexibility index (Phi) is 6.55. The highest BCUT2D eigenvalue weighted by Gasteiger charge is 2.28. The average molecular weight is 483 g/mol. The maximum Gasteiger partial charge on any atom is 0.243 e. The second-order valence-corrected chi connectivity index (χ2v) is 9.59. The van der Waals surface area contributed by atoms with Crippen LogP contribution in [-0.2, 0) is 23.1 Å². The number of halogens is 3. The van der Waals surface area contributed by atoms with Gasteiger partial charge in [-0.3, -0.25) is 0 Å². The van der Waals surface area contributed by atoms with Crippen LogP contribution in [0.3, 0.4) is 0 Å². The predicted molar refractivity (Wildman–Crippen MR) is 113 cm³/mol. The van der Waals surface area contributed by atoms with Gasteiger partial charge in [0, 0.05) is 28.1 Å². The highest BCUT2D eigenvalue weighted by Crippen LogP contribution is 2.27. The van der Waals surface area contributed by atoms with E-state index in [1.54, 1.807) is 37.3 Å². The lowest BCUT2D eigenvalue weighted by atomic mass is 10.2. The molecule has 3 nitrogen and oxygen atoms in total. The van der Waals surface area contributed by atoms with E-state index in [4.69, 9.17) is 11.6 Å². The van der Waals surface area contributed by atoms with Crippen molar-refractivity contribution in [3.8, 4) is 0 Å². The summed E-state index contributed by atoms with van der Waals surface area (Å²) in [6, 6.07) is 18.4. The van der Waals surface area contributed by atoms with Gasteiger partial charge in [-0.1, -0.05) is 63.9 Å². The molecule has 0 spiro atoms. The van der Waals surface area contributed by atoms with Gasteiger partial charge < -0.3 is 0 Å². The first-order valence-corrected chi connectivity index (χ1v) is 11.1. The molecule has 3 rings (SSSR count). The van der Waals surface area contributed by atoms with Gasteiger partial charge in [0.15, 0.2) is 0 Å². The summed E-state index contributed by atoms with van der Waals surface area (Å²) in [5.41, 5.74) is 1.56. The van der Waals surface area contributed by atoms with Gasteiger partial charge in [0.1, 0.15) is 5.82 Å². The van der Waals surface area contributed by atoms with Gasteiger partial charge in [0.2, 0.25) is 10.0 Å². The Labute approximate surface area is 177 Å². The molecule has 0 unspecified atom stereocenters. The third kappa shape index (κ3) is 4.63. The highest BCUT2D eigenvalue weighted by atomic mass is 79.9. The van der Waals surface area contributed by atoms with E-state index in [1.165, 1.54) is 16.4 Å². The molecule has 7 heteroatoms. The Hall–Kier alpha value is -1.73. The molecule has 0 radical (unpaired) electrons. The van der Waals surface area contributed by atoms with Crippen LogP contribution in [0.5, 0.6) is 0 Å². The standard InChI is InChI=1S/C21H18BrClFNO2S/c1-15-5-2-3-8-21(15)28(26,27)25(13-16-9-11-17(22)12-10-16)14-18-19(23)6-4-7-20(18)24/h2-12H,13-14H2,1H3. The van der Waals surface area contributed by atoms with Crippen molar-refractivity contribution < 1.29 is 12.8 Å². The zero-order chi connectivity index (χ0) is 20.3. The minimum Gasteiger partial charge on any atom is -0.207 e. The molecule has 3 aromatic carbocycles. The van der Waals surface area contributed by atoms with Gasteiger partial charge in [-0.15, -0.1) is 0 Å². The summed E-state index contributed by atoms with van der Waals surface area (Å²) < 4.78 is 43.3. The SMILES string of the molecule is Cc1ccccc1S(=O)(=O)N(Cc1ccc(Br)cc1)Cc1c(F)cccc1Cl. The van der Waals surface area contributed by atoms with Crippen molar-refractivity contribution in [2.45, 2.75) is 24.9 Å². The van der Waals surface area contributed by atoms with Crippen LogP contribution in [0.1, 0.15) is 16.7 Å². The summed E-state index contributed by atoms with van der Waals surface area (Å²) in [4.78, 5) is 0.194. The first-order chi connectivity index (χ1) is 13.3. The van der Waals surface area contributed by atoms with Crippen LogP contribution < -0.4 is 0 Å². The first-order valence-electron chi connectivity index (χ1n) is 8.52. The molecular formula is C21H18BrClFNO2S. The largest absolute Gasteiger partial charge is 0.243 e. The average Bonchev–Trinajstić information content (AvgIpc) is 2.65. The van der Waals surface area contributed by atoms with Crippen molar-refractivity contribution in [2.24, 2.45) is 0 Å². The summed E-state index contributed by atoms with van der Waals surface area (Å²) in [6.45, 7) is 1.66. The molecule has 0 saturated heterocycles. The fraction of sp³-hybridized carbons (Fsp3) is 0.143. The van der Waals surface area contributed by atoms with E-state index in [1.807, 2.05) is 24.3 Å². The molecule has 0 aromatic heterocycles. The lowest BCUT2D eigenvalue weighted by Crippen LogP contribution is -2.31. The first kappa shape index (κ1) is 21.0. The molecule has 0 N–H and O–H groups in total. The van der Waals surface area contributed by atoms with E-state index < -0.39 is 15.8 Å². The highest BCUT2D eigenvalue weighted by molar-refractivity contribution is 9.10. The Bertz CT molecular complexity index is 1070. The van der Waals surface area contributed by atoms with E-state index in [0.29, 0.717) is 5.56 Å². The van der Waals surface area contributed by atoms with Crippen LogP contribution >= 0.6 is 27.5 Å². The Balaban J connectivity index is 2.06. The summed E-state index contributed by atoms with van der Waals surface area (Å²) in [6.07, 6.45) is 0. The minimum atomic E-state index is -3.88. The molecule has 0 aliphatic rings. The van der Waals surface area contributed by atoms with Gasteiger partial charge in [-0.25, -0.2) is 12.8 Å². The van der Waals surface area contributed by atoms with Crippen LogP contribution in [0.4, 0.5) is 4.39 Å². The monoisotopic (exact) mass is 481 g/mol. The third-order valence-electron chi connectivity index (χ3n) is 4.38. The normalized spacial score (nSPS) is 11.8. The molecular weight excluding hydrogens is 465 g/mol. The molecule has 0 atom stereocenters. The molecule has 0 aliphatic carbocycles. The summed E-state index contributed by atoms with van der Waals surface area (Å²) in [5.74, 6) is -0.534. The molecule has 0 bridgehead atoms. The maximum atomic E-state index is 14.4. The van der Waals surface area contributed by atoms with E-state index in [9.17, 15) is 12.8 Å². The van der Waals surface area contributed by atoms with Crippen molar-refractivity contribution in [2.75, 3.05) is 0 Å². The number of rotatable bonds is 6. The van der Waals surface area contributed by atoms with Crippen molar-refractivity contribution in [1.29, 1.82) is 0 Å². The van der Waals surface area contributed by atoms with Crippen molar-refractivity contribution in [1.82, 2.24) is 4.31 Å². The fourth-order valence-electron chi connectivity index (χ4n) is 2.86. The van der Waals surface area contributed by atoms with E-state index in [0.717, 1.165) is 10.0 Å². The van der Waals surface area contributed by atoms with Crippen molar-refractivity contribution >= 4 is 37.6 Å². The van der Waals surface area contributed by atoms with Gasteiger partial charge in [0.05, 0.1) is 4.90 Å². The van der Waals surface area contributed by atoms with Crippen LogP contribution in [0, 0.1) is 12.7 Å². The third-order valence-corrected chi connectivity index (χ3v) is 7.21. The number of nitrogens with zero attached hydrogens (tertiary/aromatic N) is 1. The molecule has 28 heavy (non-hydrogen) atoms. The van der Waals surface area contributed by atoms with Gasteiger partial charge in [0.25, 0.3) is 0 Å². The lowest BCUT2D eigenvalue weighted by molar-refractivity contribution is 0.393. The Morgan fingerprint density at radius 3 is 2.29 bits per heavy atom. The van der Waals surface area contributed by atoms with Crippen LogP contribution in [-0.4, -0.2) is 12.7 Å².